The van der Waals surface area contributed by atoms with Crippen LogP contribution in [0.3, 0.4) is 0 Å². The second-order valence-corrected chi connectivity index (χ2v) is 7.81. The molecule has 5 nitrogen and oxygen atoms in total. The molecular formula is C20H18N4OS2. The maximum absolute atomic E-state index is 5.18. The minimum Gasteiger partial charge on any atom is -0.497 e. The summed E-state index contributed by atoms with van der Waals surface area (Å²) in [6, 6.07) is 18.4. The van der Waals surface area contributed by atoms with Crippen LogP contribution >= 0.6 is 23.1 Å². The highest BCUT2D eigenvalue weighted by Gasteiger charge is 2.10. The standard InChI is InChI=1S/C20H18N4OS2/c1-25-17-10-7-15(8-11-17)9-12-19-23-24-18(21-22-20(24)27-19)14-26-13-16-5-3-2-4-6-16/h2-12H,13-14H2,1H3/b12-9+. The van der Waals surface area contributed by atoms with Gasteiger partial charge in [0.15, 0.2) is 5.82 Å². The van der Waals surface area contributed by atoms with E-state index in [0.29, 0.717) is 0 Å². The molecule has 0 spiro atoms. The predicted molar refractivity (Wildman–Crippen MR) is 112 cm³/mol. The number of thioether (sulfide) groups is 1. The number of fused-ring (bicyclic) bond motifs is 1. The molecule has 0 amide bonds. The van der Waals surface area contributed by atoms with Gasteiger partial charge in [-0.1, -0.05) is 59.9 Å². The summed E-state index contributed by atoms with van der Waals surface area (Å²) in [5, 5.41) is 14.1. The molecule has 0 atom stereocenters. The minimum absolute atomic E-state index is 0.779. The molecule has 0 N–H and O–H groups in total. The first-order valence-electron chi connectivity index (χ1n) is 8.47. The molecule has 0 saturated carbocycles. The first-order valence-corrected chi connectivity index (χ1v) is 10.4. The Bertz CT molecular complexity index is 1040. The molecule has 4 aromatic rings. The zero-order valence-electron chi connectivity index (χ0n) is 14.8. The van der Waals surface area contributed by atoms with E-state index in [-0.39, 0.29) is 0 Å². The normalized spacial score (nSPS) is 11.4. The van der Waals surface area contributed by atoms with Gasteiger partial charge in [-0.15, -0.1) is 22.0 Å². The van der Waals surface area contributed by atoms with Crippen molar-refractivity contribution in [3.05, 3.63) is 76.6 Å². The van der Waals surface area contributed by atoms with Gasteiger partial charge >= 0.3 is 0 Å². The van der Waals surface area contributed by atoms with Gasteiger partial charge in [0.1, 0.15) is 10.8 Å². The first-order chi connectivity index (χ1) is 13.3. The van der Waals surface area contributed by atoms with Crippen molar-refractivity contribution in [1.29, 1.82) is 0 Å². The average Bonchev–Trinajstić information content (AvgIpc) is 3.29. The van der Waals surface area contributed by atoms with Crippen molar-refractivity contribution in [3.8, 4) is 5.75 Å². The van der Waals surface area contributed by atoms with Crippen LogP contribution in [0.15, 0.2) is 54.6 Å². The van der Waals surface area contributed by atoms with Crippen molar-refractivity contribution in [1.82, 2.24) is 19.8 Å². The van der Waals surface area contributed by atoms with Gasteiger partial charge in [-0.3, -0.25) is 0 Å². The summed E-state index contributed by atoms with van der Waals surface area (Å²) in [5.41, 5.74) is 2.41. The molecule has 2 aromatic heterocycles. The maximum Gasteiger partial charge on any atom is 0.234 e. The third-order valence-corrected chi connectivity index (χ3v) is 5.81. The topological polar surface area (TPSA) is 52.3 Å². The SMILES string of the molecule is COc1ccc(/C=C/c2nn3c(CSCc4ccccc4)nnc3s2)cc1. The summed E-state index contributed by atoms with van der Waals surface area (Å²) in [6.07, 6.45) is 4.04. The van der Waals surface area contributed by atoms with Gasteiger partial charge in [0.2, 0.25) is 4.96 Å². The molecule has 0 aliphatic rings. The van der Waals surface area contributed by atoms with E-state index in [4.69, 9.17) is 4.74 Å². The predicted octanol–water partition coefficient (Wildman–Crippen LogP) is 4.80. The van der Waals surface area contributed by atoms with E-state index >= 15 is 0 Å². The Morgan fingerprint density at radius 1 is 1.00 bits per heavy atom. The minimum atomic E-state index is 0.779. The molecule has 0 unspecified atom stereocenters. The lowest BCUT2D eigenvalue weighted by molar-refractivity contribution is 0.415. The maximum atomic E-state index is 5.18. The van der Waals surface area contributed by atoms with Crippen LogP contribution < -0.4 is 4.74 Å². The second kappa shape index (κ2) is 8.37. The van der Waals surface area contributed by atoms with E-state index in [1.165, 1.54) is 16.9 Å². The third-order valence-electron chi connectivity index (χ3n) is 3.95. The third kappa shape index (κ3) is 4.37. The lowest BCUT2D eigenvalue weighted by Gasteiger charge is -1.99. The lowest BCUT2D eigenvalue weighted by Crippen LogP contribution is -1.94. The summed E-state index contributed by atoms with van der Waals surface area (Å²) in [7, 11) is 1.67. The molecule has 0 saturated heterocycles. The molecule has 7 heteroatoms. The Morgan fingerprint density at radius 3 is 2.59 bits per heavy atom. The second-order valence-electron chi connectivity index (χ2n) is 5.84. The fourth-order valence-corrected chi connectivity index (χ4v) is 4.20. The van der Waals surface area contributed by atoms with Crippen molar-refractivity contribution < 1.29 is 4.74 Å². The Labute approximate surface area is 165 Å². The zero-order chi connectivity index (χ0) is 18.5. The van der Waals surface area contributed by atoms with Crippen molar-refractivity contribution in [3.63, 3.8) is 0 Å². The van der Waals surface area contributed by atoms with E-state index in [9.17, 15) is 0 Å². The van der Waals surface area contributed by atoms with Crippen LogP contribution in [0.4, 0.5) is 0 Å². The van der Waals surface area contributed by atoms with Gasteiger partial charge in [-0.2, -0.15) is 9.61 Å². The lowest BCUT2D eigenvalue weighted by atomic mass is 10.2. The number of hydrogen-bond donors (Lipinski definition) is 0. The largest absolute Gasteiger partial charge is 0.497 e. The fraction of sp³-hybridized carbons (Fsp3) is 0.150. The number of ether oxygens (including phenoxy) is 1. The molecule has 0 bridgehead atoms. The van der Waals surface area contributed by atoms with Gasteiger partial charge in [-0.25, -0.2) is 0 Å². The van der Waals surface area contributed by atoms with Gasteiger partial charge in [0, 0.05) is 5.75 Å². The summed E-state index contributed by atoms with van der Waals surface area (Å²) < 4.78 is 7.02. The van der Waals surface area contributed by atoms with Gasteiger partial charge in [0.25, 0.3) is 0 Å². The van der Waals surface area contributed by atoms with E-state index in [2.05, 4.69) is 39.6 Å². The van der Waals surface area contributed by atoms with Crippen LogP contribution in [0, 0.1) is 0 Å². The number of rotatable bonds is 7. The summed E-state index contributed by atoms with van der Waals surface area (Å²) in [4.78, 5) is 0.819. The van der Waals surface area contributed by atoms with E-state index in [1.807, 2.05) is 58.8 Å². The highest BCUT2D eigenvalue weighted by atomic mass is 32.2. The monoisotopic (exact) mass is 394 g/mol. The molecule has 136 valence electrons. The van der Waals surface area contributed by atoms with Crippen molar-refractivity contribution in [2.75, 3.05) is 7.11 Å². The van der Waals surface area contributed by atoms with Gasteiger partial charge < -0.3 is 4.74 Å². The van der Waals surface area contributed by atoms with Crippen LogP contribution in [0.25, 0.3) is 17.1 Å². The quantitative estimate of drug-likeness (QED) is 0.451. The first kappa shape index (κ1) is 17.8. The highest BCUT2D eigenvalue weighted by molar-refractivity contribution is 7.97. The van der Waals surface area contributed by atoms with Crippen LogP contribution in [-0.2, 0) is 11.5 Å². The summed E-state index contributed by atoms with van der Waals surface area (Å²) in [6.45, 7) is 0. The van der Waals surface area contributed by atoms with Gasteiger partial charge in [-0.05, 0) is 29.3 Å². The Morgan fingerprint density at radius 2 is 1.81 bits per heavy atom. The molecular weight excluding hydrogens is 376 g/mol. The molecule has 27 heavy (non-hydrogen) atoms. The Hall–Kier alpha value is -2.64. The van der Waals surface area contributed by atoms with E-state index in [0.717, 1.165) is 38.6 Å². The van der Waals surface area contributed by atoms with Crippen molar-refractivity contribution in [2.45, 2.75) is 11.5 Å². The van der Waals surface area contributed by atoms with Crippen LogP contribution in [0.1, 0.15) is 22.0 Å². The number of hydrogen-bond acceptors (Lipinski definition) is 6. The van der Waals surface area contributed by atoms with Crippen LogP contribution in [0.2, 0.25) is 0 Å². The van der Waals surface area contributed by atoms with Gasteiger partial charge in [0.05, 0.1) is 12.9 Å². The zero-order valence-corrected chi connectivity index (χ0v) is 16.4. The molecule has 4 rings (SSSR count). The number of nitrogens with zero attached hydrogens (tertiary/aromatic N) is 4. The number of methoxy groups -OCH3 is 1. The smallest absolute Gasteiger partial charge is 0.234 e. The molecule has 0 fully saturated rings. The Balaban J connectivity index is 1.42. The van der Waals surface area contributed by atoms with E-state index in [1.54, 1.807) is 7.11 Å². The summed E-state index contributed by atoms with van der Waals surface area (Å²) >= 11 is 3.35. The molecule has 0 aliphatic heterocycles. The summed E-state index contributed by atoms with van der Waals surface area (Å²) in [5.74, 6) is 3.46. The molecule has 2 aromatic carbocycles. The van der Waals surface area contributed by atoms with Crippen LogP contribution in [-0.4, -0.2) is 26.9 Å². The van der Waals surface area contributed by atoms with Crippen molar-refractivity contribution >= 4 is 40.2 Å². The van der Waals surface area contributed by atoms with Crippen molar-refractivity contribution in [2.24, 2.45) is 0 Å². The molecule has 0 aliphatic carbocycles. The Kier molecular flexibility index (Phi) is 5.50. The number of benzene rings is 2. The van der Waals surface area contributed by atoms with E-state index < -0.39 is 0 Å². The van der Waals surface area contributed by atoms with Crippen LogP contribution in [0.5, 0.6) is 5.75 Å². The highest BCUT2D eigenvalue weighted by Crippen LogP contribution is 2.21. The fourth-order valence-electron chi connectivity index (χ4n) is 2.55. The molecule has 0 radical (unpaired) electrons. The average molecular weight is 395 g/mol. The molecule has 2 heterocycles. The number of aromatic nitrogens is 4.